The molecule has 0 radical (unpaired) electrons. The quantitative estimate of drug-likeness (QED) is 0.881. The maximum absolute atomic E-state index is 12.8. The molecule has 0 saturated heterocycles. The van der Waals surface area contributed by atoms with E-state index in [9.17, 15) is 9.90 Å². The van der Waals surface area contributed by atoms with Crippen molar-refractivity contribution in [3.05, 3.63) is 52.6 Å². The van der Waals surface area contributed by atoms with Crippen LogP contribution in [-0.4, -0.2) is 33.7 Å². The standard InChI is InChI=1S/C20H23N3O3/c1-11-7-17(22-12(2)21-11)20(25)23-19(15-9-16(24)10-15)14-3-4-18-13(8-14)5-6-26-18/h3-4,7-8,15-16,19,24H,5-6,9-10H2,1-2H3,(H,23,25)/t15?,16?,19-/m0/s1. The first-order chi connectivity index (χ1) is 12.5. The average Bonchev–Trinajstić information content (AvgIpc) is 3.03. The van der Waals surface area contributed by atoms with Crippen molar-refractivity contribution in [1.29, 1.82) is 0 Å². The van der Waals surface area contributed by atoms with Crippen LogP contribution in [0.15, 0.2) is 24.3 Å². The second-order valence-electron chi connectivity index (χ2n) is 7.24. The van der Waals surface area contributed by atoms with Crippen LogP contribution < -0.4 is 10.1 Å². The molecular formula is C20H23N3O3. The average molecular weight is 353 g/mol. The molecule has 1 fully saturated rings. The van der Waals surface area contributed by atoms with Gasteiger partial charge in [0.15, 0.2) is 0 Å². The molecule has 1 amide bonds. The van der Waals surface area contributed by atoms with E-state index < -0.39 is 0 Å². The van der Waals surface area contributed by atoms with Crippen LogP contribution in [0.5, 0.6) is 5.75 Å². The van der Waals surface area contributed by atoms with E-state index >= 15 is 0 Å². The molecule has 1 saturated carbocycles. The Morgan fingerprint density at radius 1 is 1.27 bits per heavy atom. The molecule has 1 aliphatic heterocycles. The van der Waals surface area contributed by atoms with Crippen molar-refractivity contribution in [2.75, 3.05) is 6.61 Å². The van der Waals surface area contributed by atoms with Crippen LogP contribution in [0.25, 0.3) is 0 Å². The molecule has 136 valence electrons. The van der Waals surface area contributed by atoms with Gasteiger partial charge in [-0.25, -0.2) is 9.97 Å². The van der Waals surface area contributed by atoms with E-state index in [1.165, 1.54) is 5.56 Å². The minimum absolute atomic E-state index is 0.146. The number of rotatable bonds is 4. The van der Waals surface area contributed by atoms with Crippen LogP contribution in [0.3, 0.4) is 0 Å². The van der Waals surface area contributed by atoms with E-state index in [1.54, 1.807) is 13.0 Å². The summed E-state index contributed by atoms with van der Waals surface area (Å²) in [7, 11) is 0. The Kier molecular flexibility index (Phi) is 4.36. The highest BCUT2D eigenvalue weighted by molar-refractivity contribution is 5.92. The lowest BCUT2D eigenvalue weighted by atomic mass is 9.74. The summed E-state index contributed by atoms with van der Waals surface area (Å²) in [6, 6.07) is 7.66. The number of ether oxygens (including phenoxy) is 1. The molecule has 1 aromatic carbocycles. The molecular weight excluding hydrogens is 330 g/mol. The van der Waals surface area contributed by atoms with Gasteiger partial charge >= 0.3 is 0 Å². The third-order valence-electron chi connectivity index (χ3n) is 5.18. The first kappa shape index (κ1) is 17.0. The number of carbonyl (C=O) groups is 1. The zero-order valence-corrected chi connectivity index (χ0v) is 15.0. The predicted molar refractivity (Wildman–Crippen MR) is 96.1 cm³/mol. The second kappa shape index (κ2) is 6.68. The molecule has 6 heteroatoms. The lowest BCUT2D eigenvalue weighted by Gasteiger charge is -2.38. The number of amides is 1. The SMILES string of the molecule is Cc1cc(C(=O)N[C@@H](c2ccc3c(c2)CCO3)C2CC(O)C2)nc(C)n1. The summed E-state index contributed by atoms with van der Waals surface area (Å²) >= 11 is 0. The molecule has 26 heavy (non-hydrogen) atoms. The smallest absolute Gasteiger partial charge is 0.270 e. The number of fused-ring (bicyclic) bond motifs is 1. The van der Waals surface area contributed by atoms with Gasteiger partial charge in [0.05, 0.1) is 18.8 Å². The van der Waals surface area contributed by atoms with Gasteiger partial charge in [0.2, 0.25) is 0 Å². The molecule has 6 nitrogen and oxygen atoms in total. The van der Waals surface area contributed by atoms with Gasteiger partial charge < -0.3 is 15.2 Å². The van der Waals surface area contributed by atoms with Crippen molar-refractivity contribution in [2.24, 2.45) is 5.92 Å². The molecule has 4 rings (SSSR count). The Morgan fingerprint density at radius 2 is 2.08 bits per heavy atom. The van der Waals surface area contributed by atoms with Gasteiger partial charge in [0.25, 0.3) is 5.91 Å². The van der Waals surface area contributed by atoms with Crippen molar-refractivity contribution >= 4 is 5.91 Å². The van der Waals surface area contributed by atoms with E-state index in [4.69, 9.17) is 4.74 Å². The zero-order valence-electron chi connectivity index (χ0n) is 15.0. The molecule has 0 bridgehead atoms. The van der Waals surface area contributed by atoms with E-state index in [0.29, 0.717) is 31.0 Å². The molecule has 1 aliphatic carbocycles. The summed E-state index contributed by atoms with van der Waals surface area (Å²) in [6.07, 6.45) is 2.00. The summed E-state index contributed by atoms with van der Waals surface area (Å²) in [5.74, 6) is 1.52. The van der Waals surface area contributed by atoms with Crippen LogP contribution >= 0.6 is 0 Å². The number of aromatic nitrogens is 2. The van der Waals surface area contributed by atoms with Gasteiger partial charge in [-0.05, 0) is 61.9 Å². The molecule has 0 spiro atoms. The Hall–Kier alpha value is -2.47. The summed E-state index contributed by atoms with van der Waals surface area (Å²) < 4.78 is 5.58. The first-order valence-electron chi connectivity index (χ1n) is 9.06. The van der Waals surface area contributed by atoms with Gasteiger partial charge in [0, 0.05) is 12.1 Å². The number of aliphatic hydroxyl groups is 1. The van der Waals surface area contributed by atoms with Crippen LogP contribution in [0.1, 0.15) is 52.0 Å². The topological polar surface area (TPSA) is 84.3 Å². The maximum atomic E-state index is 12.8. The first-order valence-corrected chi connectivity index (χ1v) is 9.06. The number of aliphatic hydroxyl groups excluding tert-OH is 1. The highest BCUT2D eigenvalue weighted by atomic mass is 16.5. The van der Waals surface area contributed by atoms with Crippen LogP contribution in [0.2, 0.25) is 0 Å². The summed E-state index contributed by atoms with van der Waals surface area (Å²) in [6.45, 7) is 4.34. The zero-order chi connectivity index (χ0) is 18.3. The van der Waals surface area contributed by atoms with E-state index in [2.05, 4.69) is 21.4 Å². The Morgan fingerprint density at radius 3 is 2.81 bits per heavy atom. The molecule has 2 aromatic rings. The molecule has 2 N–H and O–H groups in total. The van der Waals surface area contributed by atoms with Crippen molar-refractivity contribution in [2.45, 2.75) is 45.3 Å². The largest absolute Gasteiger partial charge is 0.493 e. The fourth-order valence-corrected chi connectivity index (χ4v) is 3.82. The number of hydrogen-bond donors (Lipinski definition) is 2. The van der Waals surface area contributed by atoms with Gasteiger partial charge in [0.1, 0.15) is 17.3 Å². The molecule has 2 heterocycles. The van der Waals surface area contributed by atoms with Gasteiger partial charge in [-0.15, -0.1) is 0 Å². The lowest BCUT2D eigenvalue weighted by Crippen LogP contribution is -2.41. The number of hydrogen-bond acceptors (Lipinski definition) is 5. The molecule has 1 aromatic heterocycles. The summed E-state index contributed by atoms with van der Waals surface area (Å²) in [5.41, 5.74) is 3.38. The summed E-state index contributed by atoms with van der Waals surface area (Å²) in [4.78, 5) is 21.3. The minimum atomic E-state index is -0.277. The second-order valence-corrected chi connectivity index (χ2v) is 7.24. The van der Waals surface area contributed by atoms with Crippen molar-refractivity contribution in [1.82, 2.24) is 15.3 Å². The lowest BCUT2D eigenvalue weighted by molar-refractivity contribution is 0.0234. The third kappa shape index (κ3) is 3.29. The molecule has 1 atom stereocenters. The Balaban J connectivity index is 1.60. The van der Waals surface area contributed by atoms with E-state index in [0.717, 1.165) is 23.4 Å². The fourth-order valence-electron chi connectivity index (χ4n) is 3.82. The number of nitrogens with one attached hydrogen (secondary N) is 1. The highest BCUT2D eigenvalue weighted by Gasteiger charge is 2.36. The van der Waals surface area contributed by atoms with Gasteiger partial charge in [-0.2, -0.15) is 0 Å². The monoisotopic (exact) mass is 353 g/mol. The van der Waals surface area contributed by atoms with Crippen LogP contribution in [-0.2, 0) is 6.42 Å². The van der Waals surface area contributed by atoms with Crippen LogP contribution in [0, 0.1) is 19.8 Å². The predicted octanol–water partition coefficient (Wildman–Crippen LogP) is 2.27. The number of aryl methyl sites for hydroxylation is 2. The highest BCUT2D eigenvalue weighted by Crippen LogP contribution is 2.39. The van der Waals surface area contributed by atoms with Crippen LogP contribution in [0.4, 0.5) is 0 Å². The fraction of sp³-hybridized carbons (Fsp3) is 0.450. The Labute approximate surface area is 152 Å². The van der Waals surface area contributed by atoms with E-state index in [1.807, 2.05) is 19.1 Å². The van der Waals surface area contributed by atoms with Crippen molar-refractivity contribution in [3.63, 3.8) is 0 Å². The molecule has 2 aliphatic rings. The summed E-state index contributed by atoms with van der Waals surface area (Å²) in [5, 5.41) is 12.9. The third-order valence-corrected chi connectivity index (χ3v) is 5.18. The molecule has 0 unspecified atom stereocenters. The van der Waals surface area contributed by atoms with Crippen molar-refractivity contribution in [3.8, 4) is 5.75 Å². The van der Waals surface area contributed by atoms with Gasteiger partial charge in [-0.1, -0.05) is 6.07 Å². The number of carbonyl (C=O) groups excluding carboxylic acids is 1. The minimum Gasteiger partial charge on any atom is -0.493 e. The van der Waals surface area contributed by atoms with E-state index in [-0.39, 0.29) is 24.0 Å². The normalized spacial score (nSPS) is 22.1. The van der Waals surface area contributed by atoms with Crippen molar-refractivity contribution < 1.29 is 14.6 Å². The number of nitrogens with zero attached hydrogens (tertiary/aromatic N) is 2. The maximum Gasteiger partial charge on any atom is 0.270 e. The Bertz CT molecular complexity index is 826. The number of benzene rings is 1. The van der Waals surface area contributed by atoms with Gasteiger partial charge in [-0.3, -0.25) is 4.79 Å².